The van der Waals surface area contributed by atoms with Crippen LogP contribution in [-0.4, -0.2) is 28.4 Å². The van der Waals surface area contributed by atoms with Crippen LogP contribution in [0.15, 0.2) is 24.3 Å². The molecular formula is C16H25FO3Si. The Hall–Kier alpha value is -0.753. The van der Waals surface area contributed by atoms with Gasteiger partial charge < -0.3 is 13.9 Å². The molecule has 0 bridgehead atoms. The van der Waals surface area contributed by atoms with E-state index in [1.54, 1.807) is 12.1 Å². The van der Waals surface area contributed by atoms with Gasteiger partial charge in [0.05, 0.1) is 12.2 Å². The molecular weight excluding hydrogens is 287 g/mol. The largest absolute Gasteiger partial charge is 0.372 e. The van der Waals surface area contributed by atoms with Crippen molar-refractivity contribution in [3.63, 3.8) is 0 Å². The Bertz CT molecular complexity index is 389. The van der Waals surface area contributed by atoms with Crippen LogP contribution in [0, 0.1) is 5.82 Å². The zero-order valence-electron chi connectivity index (χ0n) is 13.3. The molecule has 0 aliphatic rings. The molecule has 3 nitrogen and oxygen atoms in total. The standard InChI is InChI=1S/C16H25FO3Si/c1-12(2)18-16(19-13(3)4)20-21-10-6-8-14-7-5-9-15(17)11-14/h5,7,9,11-13,16H,6,8,10H2,1-4H3. The molecule has 1 rings (SSSR count). The fraction of sp³-hybridized carbons (Fsp3) is 0.625. The van der Waals surface area contributed by atoms with E-state index in [-0.39, 0.29) is 18.0 Å². The zero-order chi connectivity index (χ0) is 15.7. The first-order valence-electron chi connectivity index (χ1n) is 7.41. The van der Waals surface area contributed by atoms with Crippen LogP contribution in [-0.2, 0) is 20.3 Å². The number of halogens is 1. The van der Waals surface area contributed by atoms with Crippen molar-refractivity contribution >= 4 is 9.76 Å². The number of ether oxygens (including phenoxy) is 2. The van der Waals surface area contributed by atoms with Gasteiger partial charge in [0.2, 0.25) is 9.76 Å². The van der Waals surface area contributed by atoms with Gasteiger partial charge >= 0.3 is 0 Å². The highest BCUT2D eigenvalue weighted by atomic mass is 28.2. The maximum Gasteiger partial charge on any atom is 0.262 e. The quantitative estimate of drug-likeness (QED) is 0.372. The minimum Gasteiger partial charge on any atom is -0.372 e. The van der Waals surface area contributed by atoms with Crippen molar-refractivity contribution in [1.29, 1.82) is 0 Å². The lowest BCUT2D eigenvalue weighted by molar-refractivity contribution is -0.275. The normalized spacial score (nSPS) is 11.8. The predicted molar refractivity (Wildman–Crippen MR) is 82.6 cm³/mol. The Kier molecular flexibility index (Phi) is 8.76. The average Bonchev–Trinajstić information content (AvgIpc) is 2.36. The summed E-state index contributed by atoms with van der Waals surface area (Å²) >= 11 is 0. The van der Waals surface area contributed by atoms with Crippen LogP contribution in [0.2, 0.25) is 6.04 Å². The Morgan fingerprint density at radius 2 is 1.76 bits per heavy atom. The molecule has 0 spiro atoms. The second-order valence-corrected chi connectivity index (χ2v) is 6.43. The molecule has 0 aromatic heterocycles. The van der Waals surface area contributed by atoms with Crippen LogP contribution in [0.5, 0.6) is 0 Å². The summed E-state index contributed by atoms with van der Waals surface area (Å²) in [5, 5.41) is 0. The molecule has 0 heterocycles. The van der Waals surface area contributed by atoms with Crippen molar-refractivity contribution in [1.82, 2.24) is 0 Å². The summed E-state index contributed by atoms with van der Waals surface area (Å²) in [4.78, 5) is 0. The molecule has 5 heteroatoms. The highest BCUT2D eigenvalue weighted by Crippen LogP contribution is 2.09. The number of aryl methyl sites for hydroxylation is 1. The molecule has 2 radical (unpaired) electrons. The van der Waals surface area contributed by atoms with E-state index in [1.165, 1.54) is 6.07 Å². The van der Waals surface area contributed by atoms with E-state index in [0.29, 0.717) is 9.76 Å². The van der Waals surface area contributed by atoms with Crippen molar-refractivity contribution in [2.24, 2.45) is 0 Å². The third kappa shape index (κ3) is 8.98. The van der Waals surface area contributed by atoms with Gasteiger partial charge in [-0.1, -0.05) is 12.1 Å². The van der Waals surface area contributed by atoms with E-state index >= 15 is 0 Å². The number of hydrogen-bond donors (Lipinski definition) is 0. The Balaban J connectivity index is 2.21. The molecule has 0 saturated heterocycles. The minimum absolute atomic E-state index is 0.0610. The number of rotatable bonds is 10. The highest BCUT2D eigenvalue weighted by Gasteiger charge is 2.14. The van der Waals surface area contributed by atoms with Crippen molar-refractivity contribution in [3.05, 3.63) is 35.6 Å². The van der Waals surface area contributed by atoms with E-state index in [2.05, 4.69) is 0 Å². The van der Waals surface area contributed by atoms with Gasteiger partial charge in [-0.3, -0.25) is 0 Å². The lowest BCUT2D eigenvalue weighted by Crippen LogP contribution is -2.28. The van der Waals surface area contributed by atoms with Gasteiger partial charge in [0, 0.05) is 0 Å². The van der Waals surface area contributed by atoms with Crippen LogP contribution in [0.1, 0.15) is 39.7 Å². The van der Waals surface area contributed by atoms with E-state index in [0.717, 1.165) is 24.4 Å². The second kappa shape index (κ2) is 10.1. The van der Waals surface area contributed by atoms with Gasteiger partial charge in [0.1, 0.15) is 5.82 Å². The van der Waals surface area contributed by atoms with E-state index in [4.69, 9.17) is 13.9 Å². The third-order valence-electron chi connectivity index (χ3n) is 2.58. The summed E-state index contributed by atoms with van der Waals surface area (Å²) in [5.74, 6) is -0.179. The molecule has 1 aromatic carbocycles. The maximum absolute atomic E-state index is 13.0. The topological polar surface area (TPSA) is 27.7 Å². The molecule has 0 unspecified atom stereocenters. The predicted octanol–water partition coefficient (Wildman–Crippen LogP) is 3.95. The van der Waals surface area contributed by atoms with E-state index in [1.807, 2.05) is 33.8 Å². The summed E-state index contributed by atoms with van der Waals surface area (Å²) in [6.07, 6.45) is 1.93. The first-order valence-corrected chi connectivity index (χ1v) is 8.52. The van der Waals surface area contributed by atoms with Crippen LogP contribution >= 0.6 is 0 Å². The SMILES string of the molecule is CC(C)OC(O[Si]CCCc1cccc(F)c1)OC(C)C. The second-order valence-electron chi connectivity index (χ2n) is 5.40. The summed E-state index contributed by atoms with van der Waals surface area (Å²) in [7, 11) is 0.317. The van der Waals surface area contributed by atoms with Crippen molar-refractivity contribution in [2.45, 2.75) is 65.3 Å². The summed E-state index contributed by atoms with van der Waals surface area (Å²) in [6.45, 7) is 7.21. The summed E-state index contributed by atoms with van der Waals surface area (Å²) in [5.41, 5.74) is 1.02. The minimum atomic E-state index is -0.600. The van der Waals surface area contributed by atoms with Crippen molar-refractivity contribution in [2.75, 3.05) is 0 Å². The van der Waals surface area contributed by atoms with Crippen molar-refractivity contribution < 1.29 is 18.3 Å². The Morgan fingerprint density at radius 1 is 1.10 bits per heavy atom. The molecule has 118 valence electrons. The van der Waals surface area contributed by atoms with Gasteiger partial charge in [0.15, 0.2) is 0 Å². The molecule has 0 saturated carbocycles. The monoisotopic (exact) mass is 312 g/mol. The van der Waals surface area contributed by atoms with Gasteiger partial charge in [-0.25, -0.2) is 4.39 Å². The molecule has 0 N–H and O–H groups in total. The highest BCUT2D eigenvalue weighted by molar-refractivity contribution is 6.27. The van der Waals surface area contributed by atoms with Crippen LogP contribution in [0.25, 0.3) is 0 Å². The number of hydrogen-bond acceptors (Lipinski definition) is 3. The Labute approximate surface area is 129 Å². The summed E-state index contributed by atoms with van der Waals surface area (Å²) < 4.78 is 29.8. The van der Waals surface area contributed by atoms with Gasteiger partial charge in [0.25, 0.3) is 6.48 Å². The van der Waals surface area contributed by atoms with Crippen molar-refractivity contribution in [3.8, 4) is 0 Å². The molecule has 0 fully saturated rings. The van der Waals surface area contributed by atoms with Gasteiger partial charge in [-0.15, -0.1) is 0 Å². The van der Waals surface area contributed by atoms with E-state index in [9.17, 15) is 4.39 Å². The zero-order valence-corrected chi connectivity index (χ0v) is 14.3. The first-order chi connectivity index (χ1) is 9.97. The van der Waals surface area contributed by atoms with E-state index < -0.39 is 6.48 Å². The van der Waals surface area contributed by atoms with Crippen LogP contribution < -0.4 is 0 Å². The average molecular weight is 312 g/mol. The lowest BCUT2D eigenvalue weighted by atomic mass is 10.1. The van der Waals surface area contributed by atoms with Crippen LogP contribution in [0.3, 0.4) is 0 Å². The first kappa shape index (κ1) is 18.3. The smallest absolute Gasteiger partial charge is 0.262 e. The molecule has 1 aromatic rings. The number of benzene rings is 1. The Morgan fingerprint density at radius 3 is 2.33 bits per heavy atom. The fourth-order valence-electron chi connectivity index (χ4n) is 1.72. The fourth-order valence-corrected chi connectivity index (χ4v) is 2.40. The maximum atomic E-state index is 13.0. The molecule has 21 heavy (non-hydrogen) atoms. The molecule has 0 aliphatic carbocycles. The lowest BCUT2D eigenvalue weighted by Gasteiger charge is -2.22. The third-order valence-corrected chi connectivity index (χ3v) is 3.50. The molecule has 0 aliphatic heterocycles. The molecule has 0 amide bonds. The molecule has 0 atom stereocenters. The van der Waals surface area contributed by atoms with Gasteiger partial charge in [-0.2, -0.15) is 0 Å². The summed E-state index contributed by atoms with van der Waals surface area (Å²) in [6, 6.07) is 7.64. The van der Waals surface area contributed by atoms with Crippen LogP contribution in [0.4, 0.5) is 4.39 Å². The van der Waals surface area contributed by atoms with Gasteiger partial charge in [-0.05, 0) is 64.3 Å².